The number of hydrogen-bond acceptors (Lipinski definition) is 5. The number of thioether (sulfide) groups is 1. The van der Waals surface area contributed by atoms with E-state index in [1.165, 1.54) is 6.07 Å². The van der Waals surface area contributed by atoms with Crippen molar-refractivity contribution in [2.24, 2.45) is 12.9 Å². The van der Waals surface area contributed by atoms with Crippen LogP contribution in [0, 0.1) is 5.82 Å². The number of aryl methyl sites for hydroxylation is 1. The summed E-state index contributed by atoms with van der Waals surface area (Å²) in [5, 5.41) is 8.23. The molecule has 1 fully saturated rings. The molecule has 31 heavy (non-hydrogen) atoms. The predicted octanol–water partition coefficient (Wildman–Crippen LogP) is 2.51. The Morgan fingerprint density at radius 3 is 2.90 bits per heavy atom. The Labute approximate surface area is 182 Å². The molecular weight excluding hydrogens is 419 g/mol. The molecule has 1 saturated heterocycles. The predicted molar refractivity (Wildman–Crippen MR) is 119 cm³/mol. The van der Waals surface area contributed by atoms with Crippen LogP contribution in [0.1, 0.15) is 15.9 Å². The van der Waals surface area contributed by atoms with E-state index in [9.17, 15) is 14.0 Å². The zero-order valence-electron chi connectivity index (χ0n) is 17.0. The van der Waals surface area contributed by atoms with Crippen molar-refractivity contribution in [2.45, 2.75) is 11.7 Å². The van der Waals surface area contributed by atoms with Crippen LogP contribution in [-0.4, -0.2) is 50.7 Å². The van der Waals surface area contributed by atoms with Gasteiger partial charge in [-0.1, -0.05) is 6.07 Å². The minimum atomic E-state index is -0.537. The molecule has 4 N–H and O–H groups in total. The third-order valence-electron chi connectivity index (χ3n) is 5.32. The number of nitrogens with zero attached hydrogens (tertiary/aromatic N) is 3. The van der Waals surface area contributed by atoms with E-state index in [0.717, 1.165) is 16.7 Å². The van der Waals surface area contributed by atoms with E-state index >= 15 is 0 Å². The summed E-state index contributed by atoms with van der Waals surface area (Å²) >= 11 is 1.71. The molecule has 0 radical (unpaired) electrons. The third-order valence-corrected chi connectivity index (χ3v) is 6.53. The molecule has 0 bridgehead atoms. The molecule has 1 aliphatic heterocycles. The third kappa shape index (κ3) is 4.64. The Hall–Kier alpha value is -3.11. The highest BCUT2D eigenvalue weighted by Gasteiger charge is 2.25. The second kappa shape index (κ2) is 8.94. The molecule has 2 aromatic carbocycles. The summed E-state index contributed by atoms with van der Waals surface area (Å²) in [4.78, 5) is 26.1. The van der Waals surface area contributed by atoms with Crippen LogP contribution in [0.25, 0.3) is 10.9 Å². The maximum atomic E-state index is 14.4. The molecule has 2 heterocycles. The van der Waals surface area contributed by atoms with Crippen molar-refractivity contribution in [3.05, 3.63) is 59.5 Å². The molecule has 1 atom stereocenters. The summed E-state index contributed by atoms with van der Waals surface area (Å²) in [6.45, 7) is 1.13. The average Bonchev–Trinajstić information content (AvgIpc) is 3.15. The van der Waals surface area contributed by atoms with Crippen molar-refractivity contribution in [3.8, 4) is 0 Å². The molecule has 1 aromatic heterocycles. The first-order valence-electron chi connectivity index (χ1n) is 9.83. The van der Waals surface area contributed by atoms with E-state index in [2.05, 4.69) is 10.4 Å². The summed E-state index contributed by atoms with van der Waals surface area (Å²) in [7, 11) is 1.86. The lowest BCUT2D eigenvalue weighted by Gasteiger charge is -2.32. The number of carbonyl (C=O) groups excluding carboxylic acids is 2. The van der Waals surface area contributed by atoms with Crippen molar-refractivity contribution in [1.82, 2.24) is 20.1 Å². The summed E-state index contributed by atoms with van der Waals surface area (Å²) in [6.07, 6.45) is 2.24. The molecule has 1 unspecified atom stereocenters. The maximum Gasteiger partial charge on any atom is 0.321 e. The SMILES string of the molecule is Cn1ncc2ccc(NC(=O)N3CCSC(Cc4ccc(C(=O)NN)cc4F)C3)cc21. The molecule has 0 saturated carbocycles. The maximum absolute atomic E-state index is 14.4. The molecule has 4 rings (SSSR count). The number of nitrogens with two attached hydrogens (primary N) is 1. The fourth-order valence-corrected chi connectivity index (χ4v) is 4.88. The number of urea groups is 1. The molecule has 0 aliphatic carbocycles. The second-order valence-electron chi connectivity index (χ2n) is 7.39. The molecule has 3 aromatic rings. The van der Waals surface area contributed by atoms with Gasteiger partial charge in [0.1, 0.15) is 5.82 Å². The van der Waals surface area contributed by atoms with Gasteiger partial charge in [-0.05, 0) is 42.3 Å². The highest BCUT2D eigenvalue weighted by atomic mass is 32.2. The van der Waals surface area contributed by atoms with Gasteiger partial charge in [-0.3, -0.25) is 14.9 Å². The van der Waals surface area contributed by atoms with Crippen molar-refractivity contribution in [2.75, 3.05) is 24.2 Å². The molecule has 3 amide bonds. The van der Waals surface area contributed by atoms with Gasteiger partial charge in [-0.25, -0.2) is 15.0 Å². The van der Waals surface area contributed by atoms with Gasteiger partial charge >= 0.3 is 6.03 Å². The van der Waals surface area contributed by atoms with Gasteiger partial charge in [0, 0.05) is 47.8 Å². The first-order chi connectivity index (χ1) is 14.9. The van der Waals surface area contributed by atoms with Crippen LogP contribution in [0.5, 0.6) is 0 Å². The zero-order chi connectivity index (χ0) is 22.0. The first kappa shape index (κ1) is 21.1. The number of nitrogen functional groups attached to an aromatic ring is 1. The van der Waals surface area contributed by atoms with Crippen LogP contribution in [0.15, 0.2) is 42.6 Å². The first-order valence-corrected chi connectivity index (χ1v) is 10.9. The highest BCUT2D eigenvalue weighted by Crippen LogP contribution is 2.25. The van der Waals surface area contributed by atoms with Crippen LogP contribution >= 0.6 is 11.8 Å². The van der Waals surface area contributed by atoms with Crippen LogP contribution in [-0.2, 0) is 13.5 Å². The number of carbonyl (C=O) groups is 2. The van der Waals surface area contributed by atoms with Gasteiger partial charge in [0.2, 0.25) is 0 Å². The number of hydrazine groups is 1. The van der Waals surface area contributed by atoms with Crippen LogP contribution in [0.2, 0.25) is 0 Å². The summed E-state index contributed by atoms with van der Waals surface area (Å²) < 4.78 is 16.2. The lowest BCUT2D eigenvalue weighted by atomic mass is 10.1. The van der Waals surface area contributed by atoms with Gasteiger partial charge in [-0.2, -0.15) is 16.9 Å². The van der Waals surface area contributed by atoms with Gasteiger partial charge in [-0.15, -0.1) is 0 Å². The Kier molecular flexibility index (Phi) is 6.10. The summed E-state index contributed by atoms with van der Waals surface area (Å²) in [5.41, 5.74) is 4.32. The summed E-state index contributed by atoms with van der Waals surface area (Å²) in [6, 6.07) is 9.82. The highest BCUT2D eigenvalue weighted by molar-refractivity contribution is 8.00. The van der Waals surface area contributed by atoms with E-state index in [-0.39, 0.29) is 16.8 Å². The van der Waals surface area contributed by atoms with Crippen molar-refractivity contribution in [1.29, 1.82) is 0 Å². The Balaban J connectivity index is 1.40. The number of amides is 3. The number of aromatic nitrogens is 2. The molecule has 162 valence electrons. The zero-order valence-corrected chi connectivity index (χ0v) is 17.8. The van der Waals surface area contributed by atoms with E-state index in [1.54, 1.807) is 39.7 Å². The van der Waals surface area contributed by atoms with E-state index < -0.39 is 11.7 Å². The minimum absolute atomic E-state index is 0.0581. The summed E-state index contributed by atoms with van der Waals surface area (Å²) in [5.74, 6) is 4.88. The van der Waals surface area contributed by atoms with Crippen LogP contribution in [0.4, 0.5) is 14.9 Å². The van der Waals surface area contributed by atoms with E-state index in [0.29, 0.717) is 30.8 Å². The molecule has 0 spiro atoms. The normalized spacial score (nSPS) is 16.4. The monoisotopic (exact) mass is 442 g/mol. The van der Waals surface area contributed by atoms with Gasteiger partial charge in [0.15, 0.2) is 0 Å². The Bertz CT molecular complexity index is 1130. The van der Waals surface area contributed by atoms with Crippen LogP contribution in [0.3, 0.4) is 0 Å². The number of anilines is 1. The smallest absolute Gasteiger partial charge is 0.321 e. The average molecular weight is 443 g/mol. The van der Waals surface area contributed by atoms with Crippen molar-refractivity contribution < 1.29 is 14.0 Å². The fourth-order valence-electron chi connectivity index (χ4n) is 3.63. The largest absolute Gasteiger partial charge is 0.323 e. The number of hydrogen-bond donors (Lipinski definition) is 3. The number of benzene rings is 2. The van der Waals surface area contributed by atoms with E-state index in [4.69, 9.17) is 5.84 Å². The quantitative estimate of drug-likeness (QED) is 0.327. The number of halogens is 1. The number of rotatable bonds is 4. The van der Waals surface area contributed by atoms with Gasteiger partial charge in [0.05, 0.1) is 11.7 Å². The van der Waals surface area contributed by atoms with Gasteiger partial charge in [0.25, 0.3) is 5.91 Å². The molecule has 8 nitrogen and oxygen atoms in total. The second-order valence-corrected chi connectivity index (χ2v) is 8.80. The fraction of sp³-hybridized carbons (Fsp3) is 0.286. The van der Waals surface area contributed by atoms with Crippen LogP contribution < -0.4 is 16.6 Å². The lowest BCUT2D eigenvalue weighted by molar-refractivity contribution is 0.0953. The minimum Gasteiger partial charge on any atom is -0.323 e. The van der Waals surface area contributed by atoms with Crippen molar-refractivity contribution >= 4 is 40.3 Å². The van der Waals surface area contributed by atoms with Gasteiger partial charge < -0.3 is 10.2 Å². The number of fused-ring (bicyclic) bond motifs is 1. The lowest BCUT2D eigenvalue weighted by Crippen LogP contribution is -2.44. The molecule has 10 heteroatoms. The topological polar surface area (TPSA) is 105 Å². The van der Waals surface area contributed by atoms with Crippen molar-refractivity contribution in [3.63, 3.8) is 0 Å². The number of nitrogens with one attached hydrogen (secondary N) is 2. The van der Waals surface area contributed by atoms with E-state index in [1.807, 2.05) is 30.7 Å². The Morgan fingerprint density at radius 1 is 1.29 bits per heavy atom. The Morgan fingerprint density at radius 2 is 2.13 bits per heavy atom. The molecular formula is C21H23FN6O2S. The standard InChI is InChI=1S/C21H23FN6O2S/c1-27-19-10-16(5-4-15(19)11-24-27)25-21(30)28-6-7-31-17(12-28)8-13-2-3-14(9-18(13)22)20(29)26-23/h2-5,9-11,17H,6-8,12,23H2,1H3,(H,25,30)(H,26,29). The molecule has 1 aliphatic rings.